The number of halogens is 2. The summed E-state index contributed by atoms with van der Waals surface area (Å²) in [6.45, 7) is 1.11. The summed E-state index contributed by atoms with van der Waals surface area (Å²) in [6.07, 6.45) is 5.65. The van der Waals surface area contributed by atoms with Gasteiger partial charge in [-0.25, -0.2) is 23.5 Å². The molecule has 0 unspecified atom stereocenters. The van der Waals surface area contributed by atoms with Gasteiger partial charge in [-0.05, 0) is 25.0 Å². The second kappa shape index (κ2) is 10.4. The lowest BCUT2D eigenvalue weighted by Gasteiger charge is -2.36. The van der Waals surface area contributed by atoms with Crippen LogP contribution in [0.25, 0.3) is 11.4 Å². The first-order valence-corrected chi connectivity index (χ1v) is 10.8. The molecule has 174 valence electrons. The molecule has 0 atom stereocenters. The molecule has 0 aliphatic carbocycles. The Labute approximate surface area is 194 Å². The summed E-state index contributed by atoms with van der Waals surface area (Å²) in [5, 5.41) is 2.72. The number of thiazole rings is 1. The van der Waals surface area contributed by atoms with Crippen molar-refractivity contribution < 1.29 is 18.4 Å². The van der Waals surface area contributed by atoms with Gasteiger partial charge < -0.3 is 15.1 Å². The van der Waals surface area contributed by atoms with Crippen molar-refractivity contribution >= 4 is 29.0 Å². The quantitative estimate of drug-likeness (QED) is 0.609. The maximum atomic E-state index is 13.4. The van der Waals surface area contributed by atoms with Crippen LogP contribution in [0.1, 0.15) is 29.9 Å². The molecule has 1 aliphatic heterocycles. The fourth-order valence-corrected chi connectivity index (χ4v) is 4.12. The standard InChI is InChI=1S/C21H20F2N6O2S.CH4/c1-28(17-2-4-29(5-3-17)20(30)18-11-24-12-32-18)21(31)27-16-9-25-19(26-10-16)13-6-14(22)8-15(23)7-13;/h6-12,17H,2-5H2,1H3,(H,27,31);1H4. The van der Waals surface area contributed by atoms with Gasteiger partial charge in [0.15, 0.2) is 5.82 Å². The third kappa shape index (κ3) is 5.67. The molecule has 2 aromatic heterocycles. The monoisotopic (exact) mass is 474 g/mol. The van der Waals surface area contributed by atoms with Crippen LogP contribution in [0.15, 0.2) is 42.3 Å². The Balaban J connectivity index is 0.00000306. The molecule has 3 heterocycles. The summed E-state index contributed by atoms with van der Waals surface area (Å²) in [7, 11) is 1.70. The van der Waals surface area contributed by atoms with Crippen molar-refractivity contribution in [3.8, 4) is 11.4 Å². The molecule has 0 spiro atoms. The number of nitrogens with zero attached hydrogens (tertiary/aromatic N) is 5. The number of benzene rings is 1. The summed E-state index contributed by atoms with van der Waals surface area (Å²) < 4.78 is 26.8. The van der Waals surface area contributed by atoms with Crippen molar-refractivity contribution in [2.24, 2.45) is 0 Å². The molecule has 1 fully saturated rings. The highest BCUT2D eigenvalue weighted by Gasteiger charge is 2.28. The Morgan fingerprint density at radius 2 is 1.73 bits per heavy atom. The van der Waals surface area contributed by atoms with Crippen molar-refractivity contribution in [3.05, 3.63) is 58.8 Å². The van der Waals surface area contributed by atoms with Crippen LogP contribution in [0.3, 0.4) is 0 Å². The molecule has 0 saturated carbocycles. The minimum Gasteiger partial charge on any atom is -0.338 e. The maximum absolute atomic E-state index is 13.4. The summed E-state index contributed by atoms with van der Waals surface area (Å²) in [6, 6.07) is 2.70. The number of hydrogen-bond acceptors (Lipinski definition) is 6. The van der Waals surface area contributed by atoms with Crippen molar-refractivity contribution in [3.63, 3.8) is 0 Å². The van der Waals surface area contributed by atoms with Crippen molar-refractivity contribution in [1.82, 2.24) is 24.8 Å². The van der Waals surface area contributed by atoms with Crippen molar-refractivity contribution in [1.29, 1.82) is 0 Å². The molecule has 3 aromatic rings. The lowest BCUT2D eigenvalue weighted by atomic mass is 10.0. The van der Waals surface area contributed by atoms with E-state index >= 15 is 0 Å². The van der Waals surface area contributed by atoms with Crippen LogP contribution in [-0.4, -0.2) is 62.9 Å². The highest BCUT2D eigenvalue weighted by Crippen LogP contribution is 2.21. The number of likely N-dealkylation sites (tertiary alicyclic amines) is 1. The first kappa shape index (κ1) is 24.2. The van der Waals surface area contributed by atoms with Gasteiger partial charge in [0.05, 0.1) is 29.8 Å². The Morgan fingerprint density at radius 3 is 2.30 bits per heavy atom. The molecule has 4 rings (SSSR count). The molecule has 8 nitrogen and oxygen atoms in total. The number of carbonyl (C=O) groups is 2. The van der Waals surface area contributed by atoms with E-state index in [1.807, 2.05) is 0 Å². The third-order valence-electron chi connectivity index (χ3n) is 5.29. The van der Waals surface area contributed by atoms with Gasteiger partial charge in [0.2, 0.25) is 0 Å². The zero-order valence-electron chi connectivity index (χ0n) is 17.2. The van der Waals surface area contributed by atoms with Crippen LogP contribution in [0, 0.1) is 11.6 Å². The number of urea groups is 1. The average molecular weight is 475 g/mol. The van der Waals surface area contributed by atoms with Gasteiger partial charge in [-0.15, -0.1) is 11.3 Å². The number of amides is 3. The van der Waals surface area contributed by atoms with E-state index < -0.39 is 11.6 Å². The molecule has 3 amide bonds. The van der Waals surface area contributed by atoms with E-state index in [1.165, 1.54) is 23.7 Å². The van der Waals surface area contributed by atoms with Crippen LogP contribution in [-0.2, 0) is 0 Å². The molecular formula is C22H24F2N6O2S. The van der Waals surface area contributed by atoms with Gasteiger partial charge >= 0.3 is 6.03 Å². The maximum Gasteiger partial charge on any atom is 0.321 e. The lowest BCUT2D eigenvalue weighted by molar-refractivity contribution is 0.0676. The molecule has 0 radical (unpaired) electrons. The minimum absolute atomic E-state index is 0. The molecule has 1 aliphatic rings. The Hall–Kier alpha value is -3.47. The SMILES string of the molecule is C.CN(C(=O)Nc1cnc(-c2cc(F)cc(F)c2)nc1)C1CCN(C(=O)c2cncs2)CC1. The van der Waals surface area contributed by atoms with Gasteiger partial charge in [0.1, 0.15) is 16.5 Å². The first-order chi connectivity index (χ1) is 15.4. The third-order valence-corrected chi connectivity index (χ3v) is 6.05. The Kier molecular flexibility index (Phi) is 7.64. The van der Waals surface area contributed by atoms with Gasteiger partial charge in [0, 0.05) is 37.8 Å². The molecular weight excluding hydrogens is 450 g/mol. The van der Waals surface area contributed by atoms with Crippen molar-refractivity contribution in [2.75, 3.05) is 25.5 Å². The number of carbonyl (C=O) groups excluding carboxylic acids is 2. The molecule has 1 aromatic carbocycles. The number of rotatable bonds is 4. The fourth-order valence-electron chi connectivity index (χ4n) is 3.54. The smallest absolute Gasteiger partial charge is 0.321 e. The Morgan fingerprint density at radius 1 is 1.09 bits per heavy atom. The predicted octanol–water partition coefficient (Wildman–Crippen LogP) is 4.28. The Bertz CT molecular complexity index is 1080. The van der Waals surface area contributed by atoms with E-state index in [1.54, 1.807) is 28.6 Å². The number of nitrogens with one attached hydrogen (secondary N) is 1. The van der Waals surface area contributed by atoms with Crippen LogP contribution in [0.4, 0.5) is 19.3 Å². The topological polar surface area (TPSA) is 91.3 Å². The molecule has 33 heavy (non-hydrogen) atoms. The normalized spacial score (nSPS) is 13.8. The summed E-state index contributed by atoms with van der Waals surface area (Å²) in [5.41, 5.74) is 2.20. The van der Waals surface area contributed by atoms with E-state index in [9.17, 15) is 18.4 Å². The highest BCUT2D eigenvalue weighted by molar-refractivity contribution is 7.11. The average Bonchev–Trinajstić information content (AvgIpc) is 3.33. The predicted molar refractivity (Wildman–Crippen MR) is 122 cm³/mol. The van der Waals surface area contributed by atoms with Gasteiger partial charge in [-0.1, -0.05) is 7.43 Å². The van der Waals surface area contributed by atoms with Crippen LogP contribution in [0.5, 0.6) is 0 Å². The van der Waals surface area contributed by atoms with E-state index in [-0.39, 0.29) is 36.8 Å². The highest BCUT2D eigenvalue weighted by atomic mass is 32.1. The molecule has 1 saturated heterocycles. The van der Waals surface area contributed by atoms with E-state index in [4.69, 9.17) is 0 Å². The zero-order valence-corrected chi connectivity index (χ0v) is 18.0. The molecule has 1 N–H and O–H groups in total. The van der Waals surface area contributed by atoms with Gasteiger partial charge in [-0.3, -0.25) is 9.78 Å². The van der Waals surface area contributed by atoms with E-state index in [0.717, 1.165) is 18.2 Å². The van der Waals surface area contributed by atoms with Crippen LogP contribution >= 0.6 is 11.3 Å². The second-order valence-electron chi connectivity index (χ2n) is 7.38. The van der Waals surface area contributed by atoms with Gasteiger partial charge in [-0.2, -0.15) is 0 Å². The van der Waals surface area contributed by atoms with E-state index in [2.05, 4.69) is 20.3 Å². The van der Waals surface area contributed by atoms with Gasteiger partial charge in [0.25, 0.3) is 5.91 Å². The minimum atomic E-state index is -0.720. The number of hydrogen-bond donors (Lipinski definition) is 1. The van der Waals surface area contributed by atoms with E-state index in [0.29, 0.717) is 36.5 Å². The molecule has 11 heteroatoms. The number of aromatic nitrogens is 3. The summed E-state index contributed by atoms with van der Waals surface area (Å²) >= 11 is 1.31. The largest absolute Gasteiger partial charge is 0.338 e. The lowest BCUT2D eigenvalue weighted by Crippen LogP contribution is -2.48. The zero-order chi connectivity index (χ0) is 22.7. The van der Waals surface area contributed by atoms with Crippen LogP contribution < -0.4 is 5.32 Å². The number of anilines is 1. The first-order valence-electron chi connectivity index (χ1n) is 9.91. The van der Waals surface area contributed by atoms with Crippen LogP contribution in [0.2, 0.25) is 0 Å². The fraction of sp³-hybridized carbons (Fsp3) is 0.318. The second-order valence-corrected chi connectivity index (χ2v) is 8.27. The molecule has 0 bridgehead atoms. The van der Waals surface area contributed by atoms with Crippen molar-refractivity contribution in [2.45, 2.75) is 26.3 Å². The summed E-state index contributed by atoms with van der Waals surface area (Å²) in [4.78, 5) is 41.2. The number of piperidine rings is 1. The summed E-state index contributed by atoms with van der Waals surface area (Å²) in [5.74, 6) is -1.33.